The number of hydrogen-bond acceptors (Lipinski definition) is 3. The average Bonchev–Trinajstić information content (AvgIpc) is 2.22. The van der Waals surface area contributed by atoms with E-state index in [0.29, 0.717) is 25.9 Å². The molecule has 2 heterocycles. The van der Waals surface area contributed by atoms with Crippen LogP contribution in [0.1, 0.15) is 12.8 Å². The maximum atomic E-state index is 12.6. The molecule has 2 rings (SSSR count). The van der Waals surface area contributed by atoms with Gasteiger partial charge in [-0.2, -0.15) is 0 Å². The van der Waals surface area contributed by atoms with Crippen LogP contribution in [0.3, 0.4) is 0 Å². The number of carbonyl (C=O) groups excluding carboxylic acids is 1. The van der Waals surface area contributed by atoms with E-state index < -0.39 is 24.4 Å². The Hall–Kier alpha value is -0.820. The number of ether oxygens (including phenoxy) is 1. The number of amides is 1. The van der Waals surface area contributed by atoms with E-state index in [-0.39, 0.29) is 11.4 Å². The van der Waals surface area contributed by atoms with Crippen LogP contribution >= 0.6 is 0 Å². The van der Waals surface area contributed by atoms with Crippen molar-refractivity contribution in [1.82, 2.24) is 10.2 Å². The molecule has 0 bridgehead atoms. The molecule has 1 spiro atoms. The molecule has 0 unspecified atom stereocenters. The summed E-state index contributed by atoms with van der Waals surface area (Å²) >= 11 is 0. The normalized spacial score (nSPS) is 26.2. The van der Waals surface area contributed by atoms with Crippen LogP contribution in [0.15, 0.2) is 0 Å². The number of morpholine rings is 1. The van der Waals surface area contributed by atoms with Crippen LogP contribution in [0.25, 0.3) is 0 Å². The number of rotatable bonds is 0. The number of piperidine rings is 1. The van der Waals surface area contributed by atoms with Crippen molar-refractivity contribution < 1.29 is 22.7 Å². The summed E-state index contributed by atoms with van der Waals surface area (Å²) < 4.78 is 43.0. The van der Waals surface area contributed by atoms with Crippen molar-refractivity contribution in [2.45, 2.75) is 24.7 Å². The zero-order chi connectivity index (χ0) is 11.8. The van der Waals surface area contributed by atoms with Crippen molar-refractivity contribution in [2.75, 3.05) is 26.2 Å². The molecule has 1 N–H and O–H groups in total. The van der Waals surface area contributed by atoms with E-state index in [1.54, 1.807) is 0 Å². The number of halogens is 3. The third kappa shape index (κ3) is 2.15. The van der Waals surface area contributed by atoms with Crippen molar-refractivity contribution >= 4 is 5.91 Å². The third-order valence-electron chi connectivity index (χ3n) is 3.07. The van der Waals surface area contributed by atoms with Gasteiger partial charge in [-0.15, -0.1) is 13.2 Å². The van der Waals surface area contributed by atoms with E-state index in [4.69, 9.17) is 4.74 Å². The molecule has 2 aliphatic heterocycles. The van der Waals surface area contributed by atoms with Gasteiger partial charge in [-0.25, -0.2) is 4.90 Å². The minimum absolute atomic E-state index is 0.0260. The van der Waals surface area contributed by atoms with Crippen molar-refractivity contribution in [3.05, 3.63) is 0 Å². The van der Waals surface area contributed by atoms with Gasteiger partial charge in [0.1, 0.15) is 6.61 Å². The fourth-order valence-electron chi connectivity index (χ4n) is 2.13. The summed E-state index contributed by atoms with van der Waals surface area (Å²) in [6, 6.07) is 0. The Morgan fingerprint density at radius 3 is 2.50 bits per heavy atom. The second kappa shape index (κ2) is 3.89. The molecule has 4 nitrogen and oxygen atoms in total. The van der Waals surface area contributed by atoms with Crippen LogP contribution in [0, 0.1) is 0 Å². The molecule has 0 aromatic heterocycles. The zero-order valence-corrected chi connectivity index (χ0v) is 8.64. The summed E-state index contributed by atoms with van der Waals surface area (Å²) in [5.41, 5.74) is -0.811. The first-order chi connectivity index (χ1) is 7.43. The highest BCUT2D eigenvalue weighted by molar-refractivity contribution is 5.78. The van der Waals surface area contributed by atoms with Crippen LogP contribution in [0.5, 0.6) is 0 Å². The van der Waals surface area contributed by atoms with Crippen molar-refractivity contribution in [1.29, 1.82) is 0 Å². The van der Waals surface area contributed by atoms with Crippen molar-refractivity contribution in [2.24, 2.45) is 0 Å². The molecule has 0 aromatic rings. The summed E-state index contributed by atoms with van der Waals surface area (Å²) in [7, 11) is 0. The first kappa shape index (κ1) is 11.7. The second-order valence-electron chi connectivity index (χ2n) is 4.17. The smallest absolute Gasteiger partial charge is 0.363 e. The molecule has 0 aromatic carbocycles. The molecule has 0 radical (unpaired) electrons. The van der Waals surface area contributed by atoms with E-state index in [1.165, 1.54) is 0 Å². The Labute approximate surface area is 90.7 Å². The lowest BCUT2D eigenvalue weighted by Gasteiger charge is -2.44. The van der Waals surface area contributed by atoms with Gasteiger partial charge in [0.25, 0.3) is 5.91 Å². The van der Waals surface area contributed by atoms with Gasteiger partial charge < -0.3 is 10.1 Å². The van der Waals surface area contributed by atoms with E-state index >= 15 is 0 Å². The summed E-state index contributed by atoms with van der Waals surface area (Å²) in [6.45, 7) is 0.399. The molecule has 92 valence electrons. The number of nitrogens with one attached hydrogen (secondary N) is 1. The number of alkyl halides is 3. The fraction of sp³-hybridized carbons (Fsp3) is 0.889. The minimum Gasteiger partial charge on any atom is -0.363 e. The molecule has 7 heteroatoms. The van der Waals surface area contributed by atoms with Gasteiger partial charge in [0.05, 0.1) is 12.1 Å². The van der Waals surface area contributed by atoms with Crippen LogP contribution in [0.2, 0.25) is 0 Å². The molecule has 0 atom stereocenters. The molecule has 0 aliphatic carbocycles. The summed E-state index contributed by atoms with van der Waals surface area (Å²) in [4.78, 5) is 11.1. The number of carbonyl (C=O) groups is 1. The van der Waals surface area contributed by atoms with Crippen LogP contribution in [0.4, 0.5) is 13.2 Å². The minimum atomic E-state index is -4.60. The molecular formula is C9H13F3N2O2. The molecular weight excluding hydrogens is 225 g/mol. The Morgan fingerprint density at radius 2 is 1.94 bits per heavy atom. The molecule has 1 amide bonds. The highest BCUT2D eigenvalue weighted by atomic mass is 19.4. The summed E-state index contributed by atoms with van der Waals surface area (Å²) in [5.74, 6) is -1.00. The molecule has 2 aliphatic rings. The monoisotopic (exact) mass is 238 g/mol. The first-order valence-electron chi connectivity index (χ1n) is 5.15. The Balaban J connectivity index is 2.12. The quantitative estimate of drug-likeness (QED) is 0.624. The highest BCUT2D eigenvalue weighted by Gasteiger charge is 2.50. The summed E-state index contributed by atoms with van der Waals surface area (Å²) in [6.07, 6.45) is -3.58. The lowest BCUT2D eigenvalue weighted by molar-refractivity contribution is -0.270. The average molecular weight is 238 g/mol. The predicted octanol–water partition coefficient (Wildman–Crippen LogP) is 0.487. The molecule has 2 fully saturated rings. The van der Waals surface area contributed by atoms with Crippen LogP contribution < -0.4 is 5.32 Å². The lowest BCUT2D eigenvalue weighted by atomic mass is 9.90. The van der Waals surface area contributed by atoms with Gasteiger partial charge in [-0.1, -0.05) is 0 Å². The van der Waals surface area contributed by atoms with Crippen LogP contribution in [-0.2, 0) is 9.53 Å². The van der Waals surface area contributed by atoms with Gasteiger partial charge in [0, 0.05) is 0 Å². The van der Waals surface area contributed by atoms with Gasteiger partial charge in [0.15, 0.2) is 0 Å². The Morgan fingerprint density at radius 1 is 1.31 bits per heavy atom. The van der Waals surface area contributed by atoms with Crippen LogP contribution in [-0.4, -0.2) is 48.9 Å². The van der Waals surface area contributed by atoms with E-state index in [9.17, 15) is 18.0 Å². The van der Waals surface area contributed by atoms with Gasteiger partial charge in [-0.3, -0.25) is 4.79 Å². The predicted molar refractivity (Wildman–Crippen MR) is 48.6 cm³/mol. The number of hydrogen-bond donors (Lipinski definition) is 1. The highest BCUT2D eigenvalue weighted by Crippen LogP contribution is 2.33. The topological polar surface area (TPSA) is 41.6 Å². The first-order valence-corrected chi connectivity index (χ1v) is 5.15. The SMILES string of the molecule is O=C1COC2(CCNCC2)CN1C(F)(F)F. The van der Waals surface area contributed by atoms with Crippen molar-refractivity contribution in [3.8, 4) is 0 Å². The largest absolute Gasteiger partial charge is 0.487 e. The molecule has 0 saturated carbocycles. The molecule has 16 heavy (non-hydrogen) atoms. The number of nitrogens with zero attached hydrogens (tertiary/aromatic N) is 1. The maximum absolute atomic E-state index is 12.6. The third-order valence-corrected chi connectivity index (χ3v) is 3.07. The van der Waals surface area contributed by atoms with Gasteiger partial charge in [-0.05, 0) is 25.9 Å². The Kier molecular flexibility index (Phi) is 2.83. The molecule has 2 saturated heterocycles. The standard InChI is InChI=1S/C9H13F3N2O2/c10-9(11,12)14-6-8(16-5-7(14)15)1-3-13-4-2-8/h13H,1-6H2. The summed E-state index contributed by atoms with van der Waals surface area (Å²) in [5, 5.41) is 3.06. The second-order valence-corrected chi connectivity index (χ2v) is 4.17. The lowest BCUT2D eigenvalue weighted by Crippen LogP contribution is -2.61. The van der Waals surface area contributed by atoms with Crippen molar-refractivity contribution in [3.63, 3.8) is 0 Å². The van der Waals surface area contributed by atoms with Gasteiger partial charge in [0.2, 0.25) is 0 Å². The zero-order valence-electron chi connectivity index (χ0n) is 8.64. The Bertz CT molecular complexity index is 287. The maximum Gasteiger partial charge on any atom is 0.487 e. The van der Waals surface area contributed by atoms with E-state index in [2.05, 4.69) is 5.32 Å². The fourth-order valence-corrected chi connectivity index (χ4v) is 2.13. The van der Waals surface area contributed by atoms with E-state index in [1.807, 2.05) is 0 Å². The van der Waals surface area contributed by atoms with E-state index in [0.717, 1.165) is 0 Å². The van der Waals surface area contributed by atoms with Gasteiger partial charge >= 0.3 is 6.30 Å².